The zero-order valence-corrected chi connectivity index (χ0v) is 20.9. The molecule has 4 aromatic rings. The highest BCUT2D eigenvalue weighted by Crippen LogP contribution is 2.44. The highest BCUT2D eigenvalue weighted by Gasteiger charge is 2.34. The van der Waals surface area contributed by atoms with Crippen molar-refractivity contribution in [2.45, 2.75) is 32.2 Å². The van der Waals surface area contributed by atoms with Gasteiger partial charge in [0.2, 0.25) is 0 Å². The van der Waals surface area contributed by atoms with E-state index >= 15 is 0 Å². The summed E-state index contributed by atoms with van der Waals surface area (Å²) in [4.78, 5) is 26.0. The second-order valence-electron chi connectivity index (χ2n) is 8.50. The molecule has 188 valence electrons. The number of ether oxygens (including phenoxy) is 3. The molecule has 0 aliphatic heterocycles. The summed E-state index contributed by atoms with van der Waals surface area (Å²) >= 11 is 6.43. The standard InChI is InChI=1S/C27H25ClO8/c1-14(29)27(2,32)21-12-19(30)22-16(13-35-26(31)15-8-6-5-7-9-15)10-17-20(33-3)11-18(28)24(34-4)23(17)25(22)36-21/h5-12,14,29,32H,13H2,1-4H3/t14?,27-/m0/s1. The number of aliphatic hydroxyl groups excluding tert-OH is 1. The average molecular weight is 513 g/mol. The lowest BCUT2D eigenvalue weighted by Crippen LogP contribution is -2.35. The second-order valence-corrected chi connectivity index (χ2v) is 8.90. The Morgan fingerprint density at radius 2 is 1.81 bits per heavy atom. The van der Waals surface area contributed by atoms with Crippen molar-refractivity contribution >= 4 is 39.3 Å². The fraction of sp³-hybridized carbons (Fsp3) is 0.259. The van der Waals surface area contributed by atoms with Crippen molar-refractivity contribution in [2.24, 2.45) is 0 Å². The number of hydrogen-bond acceptors (Lipinski definition) is 8. The van der Waals surface area contributed by atoms with Crippen LogP contribution in [0.15, 0.2) is 57.7 Å². The maximum absolute atomic E-state index is 13.4. The van der Waals surface area contributed by atoms with Crippen LogP contribution < -0.4 is 14.9 Å². The third-order valence-electron chi connectivity index (χ3n) is 6.16. The zero-order valence-electron chi connectivity index (χ0n) is 20.1. The molecule has 0 radical (unpaired) electrons. The highest BCUT2D eigenvalue weighted by molar-refractivity contribution is 6.34. The van der Waals surface area contributed by atoms with Crippen LogP contribution in [-0.4, -0.2) is 36.5 Å². The summed E-state index contributed by atoms with van der Waals surface area (Å²) in [6, 6.07) is 12.8. The number of rotatable bonds is 7. The smallest absolute Gasteiger partial charge is 0.338 e. The lowest BCUT2D eigenvalue weighted by atomic mass is 9.95. The molecule has 0 saturated heterocycles. The van der Waals surface area contributed by atoms with Gasteiger partial charge in [0.1, 0.15) is 35.1 Å². The summed E-state index contributed by atoms with van der Waals surface area (Å²) in [6.07, 6.45) is -1.25. The van der Waals surface area contributed by atoms with Crippen LogP contribution in [0.2, 0.25) is 5.02 Å². The predicted molar refractivity (Wildman–Crippen MR) is 135 cm³/mol. The van der Waals surface area contributed by atoms with Gasteiger partial charge in [0.25, 0.3) is 0 Å². The van der Waals surface area contributed by atoms with Crippen LogP contribution in [0.1, 0.15) is 35.5 Å². The Kier molecular flexibility index (Phi) is 6.95. The first-order valence-corrected chi connectivity index (χ1v) is 11.4. The fourth-order valence-electron chi connectivity index (χ4n) is 3.95. The number of carbonyl (C=O) groups is 1. The third-order valence-corrected chi connectivity index (χ3v) is 6.44. The molecule has 4 rings (SSSR count). The van der Waals surface area contributed by atoms with Crippen molar-refractivity contribution < 1.29 is 33.6 Å². The number of fused-ring (bicyclic) bond motifs is 3. The molecule has 0 saturated carbocycles. The van der Waals surface area contributed by atoms with Crippen molar-refractivity contribution in [3.63, 3.8) is 0 Å². The summed E-state index contributed by atoms with van der Waals surface area (Å²) < 4.78 is 22.6. The molecule has 3 aromatic carbocycles. The molecule has 0 amide bonds. The third kappa shape index (κ3) is 4.39. The van der Waals surface area contributed by atoms with Gasteiger partial charge in [-0.2, -0.15) is 0 Å². The van der Waals surface area contributed by atoms with Crippen LogP contribution in [-0.2, 0) is 16.9 Å². The van der Waals surface area contributed by atoms with Crippen molar-refractivity contribution in [1.29, 1.82) is 0 Å². The van der Waals surface area contributed by atoms with E-state index < -0.39 is 23.1 Å². The topological polar surface area (TPSA) is 115 Å². The molecule has 2 atom stereocenters. The average Bonchev–Trinajstić information content (AvgIpc) is 2.86. The number of carbonyl (C=O) groups excluding carboxylic acids is 1. The van der Waals surface area contributed by atoms with E-state index in [1.807, 2.05) is 0 Å². The van der Waals surface area contributed by atoms with Gasteiger partial charge in [0.15, 0.2) is 5.43 Å². The van der Waals surface area contributed by atoms with E-state index in [2.05, 4.69) is 0 Å². The largest absolute Gasteiger partial charge is 0.496 e. The summed E-state index contributed by atoms with van der Waals surface area (Å²) in [5.74, 6) is -0.135. The molecule has 8 nitrogen and oxygen atoms in total. The van der Waals surface area contributed by atoms with E-state index in [1.54, 1.807) is 42.5 Å². The molecule has 1 heterocycles. The summed E-state index contributed by atoms with van der Waals surface area (Å²) in [5, 5.41) is 22.1. The minimum absolute atomic E-state index is 0.0411. The molecule has 2 N–H and O–H groups in total. The first kappa shape index (κ1) is 25.5. The summed E-state index contributed by atoms with van der Waals surface area (Å²) in [6.45, 7) is 2.47. The Balaban J connectivity index is 2.02. The van der Waals surface area contributed by atoms with E-state index in [1.165, 1.54) is 28.1 Å². The van der Waals surface area contributed by atoms with Gasteiger partial charge in [-0.25, -0.2) is 4.79 Å². The number of methoxy groups -OCH3 is 2. The van der Waals surface area contributed by atoms with Crippen molar-refractivity contribution in [3.05, 3.63) is 80.7 Å². The molecule has 0 aliphatic carbocycles. The minimum Gasteiger partial charge on any atom is -0.496 e. The lowest BCUT2D eigenvalue weighted by Gasteiger charge is -2.25. The lowest BCUT2D eigenvalue weighted by molar-refractivity contribution is -0.0707. The van der Waals surface area contributed by atoms with Gasteiger partial charge in [-0.15, -0.1) is 0 Å². The molecular weight excluding hydrogens is 488 g/mol. The van der Waals surface area contributed by atoms with Crippen molar-refractivity contribution in [1.82, 2.24) is 0 Å². The second kappa shape index (κ2) is 9.81. The first-order chi connectivity index (χ1) is 17.1. The number of aliphatic hydroxyl groups is 2. The molecule has 0 fully saturated rings. The Morgan fingerprint density at radius 1 is 1.11 bits per heavy atom. The van der Waals surface area contributed by atoms with E-state index in [9.17, 15) is 19.8 Å². The van der Waals surface area contributed by atoms with Crippen LogP contribution in [0.25, 0.3) is 21.7 Å². The fourth-order valence-corrected chi connectivity index (χ4v) is 4.22. The molecule has 1 unspecified atom stereocenters. The maximum Gasteiger partial charge on any atom is 0.338 e. The molecule has 0 bridgehead atoms. The molecule has 9 heteroatoms. The van der Waals surface area contributed by atoms with Gasteiger partial charge in [-0.1, -0.05) is 29.8 Å². The zero-order chi connectivity index (χ0) is 26.2. The quantitative estimate of drug-likeness (QED) is 0.273. The van der Waals surface area contributed by atoms with E-state index in [0.29, 0.717) is 27.6 Å². The Morgan fingerprint density at radius 3 is 2.42 bits per heavy atom. The van der Waals surface area contributed by atoms with Gasteiger partial charge in [0.05, 0.1) is 41.7 Å². The molecular formula is C27H25ClO8. The van der Waals surface area contributed by atoms with Gasteiger partial charge >= 0.3 is 5.97 Å². The SMILES string of the molecule is COc1cc(Cl)c(OC)c2c1cc(COC(=O)c1ccccc1)c1c(=O)cc([C@@](C)(O)C(C)O)oc12. The Labute approximate surface area is 211 Å². The maximum atomic E-state index is 13.4. The molecule has 0 aliphatic rings. The molecule has 0 spiro atoms. The Hall–Kier alpha value is -3.59. The van der Waals surface area contributed by atoms with Crippen LogP contribution >= 0.6 is 11.6 Å². The van der Waals surface area contributed by atoms with Crippen LogP contribution in [0.5, 0.6) is 11.5 Å². The summed E-state index contributed by atoms with van der Waals surface area (Å²) in [7, 11) is 2.88. The van der Waals surface area contributed by atoms with Crippen LogP contribution in [0, 0.1) is 0 Å². The van der Waals surface area contributed by atoms with E-state index in [0.717, 1.165) is 6.07 Å². The number of esters is 1. The number of hydrogen-bond donors (Lipinski definition) is 2. The first-order valence-electron chi connectivity index (χ1n) is 11.1. The molecule has 36 heavy (non-hydrogen) atoms. The monoisotopic (exact) mass is 512 g/mol. The van der Waals surface area contributed by atoms with Crippen LogP contribution in [0.3, 0.4) is 0 Å². The number of halogens is 1. The van der Waals surface area contributed by atoms with Gasteiger partial charge < -0.3 is 28.8 Å². The van der Waals surface area contributed by atoms with Gasteiger partial charge in [-0.05, 0) is 32.0 Å². The Bertz CT molecular complexity index is 1510. The minimum atomic E-state index is -1.87. The predicted octanol–water partition coefficient (Wildman–Crippen LogP) is 4.56. The number of benzene rings is 3. The summed E-state index contributed by atoms with van der Waals surface area (Å²) in [5.41, 5.74) is -1.64. The molecule has 1 aromatic heterocycles. The van der Waals surface area contributed by atoms with Gasteiger partial charge in [-0.3, -0.25) is 4.79 Å². The van der Waals surface area contributed by atoms with Crippen LogP contribution in [0.4, 0.5) is 0 Å². The highest BCUT2D eigenvalue weighted by atomic mass is 35.5. The van der Waals surface area contributed by atoms with Crippen molar-refractivity contribution in [3.8, 4) is 11.5 Å². The van der Waals surface area contributed by atoms with E-state index in [-0.39, 0.29) is 34.1 Å². The van der Waals surface area contributed by atoms with Crippen molar-refractivity contribution in [2.75, 3.05) is 14.2 Å². The van der Waals surface area contributed by atoms with E-state index in [4.69, 9.17) is 30.2 Å². The normalized spacial score (nSPS) is 13.9. The van der Waals surface area contributed by atoms with Gasteiger partial charge in [0, 0.05) is 23.1 Å².